The zero-order valence-electron chi connectivity index (χ0n) is 24.2. The highest BCUT2D eigenvalue weighted by atomic mass is 19.4. The van der Waals surface area contributed by atoms with Crippen molar-refractivity contribution < 1.29 is 44.3 Å². The van der Waals surface area contributed by atoms with Crippen LogP contribution in [-0.4, -0.2) is 40.7 Å². The lowest BCUT2D eigenvalue weighted by atomic mass is 9.96. The van der Waals surface area contributed by atoms with Crippen LogP contribution in [0.15, 0.2) is 48.8 Å². The lowest BCUT2D eigenvalue weighted by Crippen LogP contribution is -2.25. The molecule has 2 aromatic carbocycles. The number of hydrogen-bond acceptors (Lipinski definition) is 7. The normalized spacial score (nSPS) is 12.6. The Bertz CT molecular complexity index is 1930. The van der Waals surface area contributed by atoms with Gasteiger partial charge in [-0.1, -0.05) is 18.1 Å². The van der Waals surface area contributed by atoms with E-state index in [4.69, 9.17) is 5.73 Å². The van der Waals surface area contributed by atoms with Crippen LogP contribution in [0.25, 0.3) is 16.9 Å². The van der Waals surface area contributed by atoms with Crippen molar-refractivity contribution in [3.8, 4) is 11.3 Å². The van der Waals surface area contributed by atoms with Crippen molar-refractivity contribution in [2.75, 3.05) is 4.90 Å². The fraction of sp³-hybridized carbons (Fsp3) is 0.286. The number of tetrazole rings is 1. The van der Waals surface area contributed by atoms with Crippen molar-refractivity contribution in [1.29, 1.82) is 0 Å². The molecule has 1 amide bonds. The van der Waals surface area contributed by atoms with Crippen molar-refractivity contribution in [1.82, 2.24) is 34.8 Å². The summed E-state index contributed by atoms with van der Waals surface area (Å²) in [5.41, 5.74) is 1.39. The number of fused-ring (bicyclic) bond motifs is 1. The van der Waals surface area contributed by atoms with Gasteiger partial charge in [-0.05, 0) is 58.7 Å². The highest BCUT2D eigenvalue weighted by molar-refractivity contribution is 5.98. The summed E-state index contributed by atoms with van der Waals surface area (Å²) in [4.78, 5) is 18.3. The molecule has 248 valence electrons. The summed E-state index contributed by atoms with van der Waals surface area (Å²) in [5.74, 6) is -1.16. The smallest absolute Gasteiger partial charge is 0.365 e. The number of carbonyl (C=O) groups excluding carboxylic acids is 1. The SMILES string of the molecule is CCc1cnc2c(C(N)=O)cnn2c1-c1ccc(C(F)(F)F)cc1CN(Cc1cc(C(F)(F)F)cc(C(F)(F)F)c1)c1nnn(C)n1. The van der Waals surface area contributed by atoms with Crippen molar-refractivity contribution in [3.63, 3.8) is 0 Å². The van der Waals surface area contributed by atoms with Crippen LogP contribution >= 0.6 is 0 Å². The predicted molar refractivity (Wildman–Crippen MR) is 146 cm³/mol. The number of hydrogen-bond donors (Lipinski definition) is 1. The number of aryl methyl sites for hydroxylation is 2. The third-order valence-electron chi connectivity index (χ3n) is 7.10. The molecule has 0 unspecified atom stereocenters. The second kappa shape index (κ2) is 11.8. The molecule has 3 heterocycles. The maximum atomic E-state index is 14.0. The average molecular weight is 672 g/mol. The minimum atomic E-state index is -5.14. The largest absolute Gasteiger partial charge is 0.416 e. The summed E-state index contributed by atoms with van der Waals surface area (Å²) < 4.78 is 125. The Morgan fingerprint density at radius 1 is 0.851 bits per heavy atom. The number of anilines is 1. The van der Waals surface area contributed by atoms with E-state index in [1.165, 1.54) is 17.8 Å². The summed E-state index contributed by atoms with van der Waals surface area (Å²) in [5, 5.41) is 15.7. The second-order valence-corrected chi connectivity index (χ2v) is 10.4. The van der Waals surface area contributed by atoms with Crippen LogP contribution in [0.4, 0.5) is 45.5 Å². The van der Waals surface area contributed by atoms with E-state index in [9.17, 15) is 44.3 Å². The van der Waals surface area contributed by atoms with Gasteiger partial charge in [-0.3, -0.25) is 4.79 Å². The van der Waals surface area contributed by atoms with Crippen molar-refractivity contribution in [2.24, 2.45) is 12.8 Å². The summed E-state index contributed by atoms with van der Waals surface area (Å²) in [6.45, 7) is 0.476. The molecular formula is C28H22F9N9O. The number of nitrogens with two attached hydrogens (primary N) is 1. The average Bonchev–Trinajstić information content (AvgIpc) is 3.61. The van der Waals surface area contributed by atoms with Crippen LogP contribution in [0.2, 0.25) is 0 Å². The molecule has 2 N–H and O–H groups in total. The number of halogens is 9. The van der Waals surface area contributed by atoms with E-state index >= 15 is 0 Å². The number of carbonyl (C=O) groups is 1. The fourth-order valence-electron chi connectivity index (χ4n) is 4.95. The highest BCUT2D eigenvalue weighted by Gasteiger charge is 2.37. The third-order valence-corrected chi connectivity index (χ3v) is 7.10. The molecule has 5 rings (SSSR count). The Balaban J connectivity index is 1.72. The Morgan fingerprint density at radius 3 is 2.02 bits per heavy atom. The molecule has 0 aliphatic carbocycles. The molecular weight excluding hydrogens is 649 g/mol. The topological polar surface area (TPSA) is 120 Å². The molecule has 0 radical (unpaired) electrons. The molecule has 0 fully saturated rings. The molecule has 3 aromatic heterocycles. The monoisotopic (exact) mass is 671 g/mol. The maximum absolute atomic E-state index is 14.0. The fourth-order valence-corrected chi connectivity index (χ4v) is 4.95. The predicted octanol–water partition coefficient (Wildman–Crippen LogP) is 5.84. The van der Waals surface area contributed by atoms with Crippen LogP contribution < -0.4 is 10.6 Å². The summed E-state index contributed by atoms with van der Waals surface area (Å²) in [6.07, 6.45) is -12.3. The standard InChI is InChI=1S/C28H22F9N9O/c1-3-15-10-39-24-21(23(38)47)11-40-46(24)22(15)20-5-4-17(26(29,30)31)8-16(20)13-45(25-41-43-44(2)42-25)12-14-6-18(27(32,33)34)9-19(7-14)28(35,36)37/h4-11H,3,12-13H2,1-2H3,(H2,38,47). The summed E-state index contributed by atoms with van der Waals surface area (Å²) in [6, 6.07) is 3.70. The lowest BCUT2D eigenvalue weighted by molar-refractivity contribution is -0.143. The van der Waals surface area contributed by atoms with Gasteiger partial charge in [0.25, 0.3) is 11.9 Å². The first-order valence-electron chi connectivity index (χ1n) is 13.5. The summed E-state index contributed by atoms with van der Waals surface area (Å²) in [7, 11) is 1.34. The van der Waals surface area contributed by atoms with E-state index in [-0.39, 0.29) is 40.0 Å². The number of amides is 1. The zero-order valence-corrected chi connectivity index (χ0v) is 24.2. The number of benzene rings is 2. The van der Waals surface area contributed by atoms with Crippen LogP contribution in [0.3, 0.4) is 0 Å². The number of nitrogens with zero attached hydrogens (tertiary/aromatic N) is 8. The van der Waals surface area contributed by atoms with Gasteiger partial charge in [-0.25, -0.2) is 9.50 Å². The number of rotatable bonds is 8. The van der Waals surface area contributed by atoms with Gasteiger partial charge in [0.05, 0.1) is 35.6 Å². The molecule has 0 saturated heterocycles. The van der Waals surface area contributed by atoms with E-state index in [1.54, 1.807) is 6.92 Å². The lowest BCUT2D eigenvalue weighted by Gasteiger charge is -2.25. The van der Waals surface area contributed by atoms with Crippen molar-refractivity contribution in [3.05, 3.63) is 87.7 Å². The first-order valence-corrected chi connectivity index (χ1v) is 13.5. The van der Waals surface area contributed by atoms with Gasteiger partial charge in [0.2, 0.25) is 0 Å². The molecule has 0 spiro atoms. The van der Waals surface area contributed by atoms with Crippen molar-refractivity contribution in [2.45, 2.75) is 45.0 Å². The molecule has 0 bridgehead atoms. The van der Waals surface area contributed by atoms with E-state index in [0.717, 1.165) is 34.1 Å². The Kier molecular flexibility index (Phi) is 8.36. The van der Waals surface area contributed by atoms with Crippen LogP contribution in [0, 0.1) is 0 Å². The van der Waals surface area contributed by atoms with Crippen molar-refractivity contribution >= 4 is 17.5 Å². The Hall–Kier alpha value is -5.23. The number of primary amides is 1. The van der Waals surface area contributed by atoms with Gasteiger partial charge < -0.3 is 10.6 Å². The first kappa shape index (κ1) is 33.1. The van der Waals surface area contributed by atoms with Gasteiger partial charge in [0.15, 0.2) is 5.65 Å². The molecule has 0 saturated carbocycles. The second-order valence-electron chi connectivity index (χ2n) is 10.4. The van der Waals surface area contributed by atoms with E-state index in [0.29, 0.717) is 24.1 Å². The van der Waals surface area contributed by atoms with Gasteiger partial charge in [-0.15, -0.1) is 5.10 Å². The minimum absolute atomic E-state index is 0.00615. The Morgan fingerprint density at radius 2 is 1.49 bits per heavy atom. The molecule has 10 nitrogen and oxygen atoms in total. The zero-order chi connectivity index (χ0) is 34.5. The molecule has 5 aromatic rings. The first-order chi connectivity index (χ1) is 21.9. The molecule has 0 atom stereocenters. The van der Waals surface area contributed by atoms with Gasteiger partial charge in [0.1, 0.15) is 5.56 Å². The quantitative estimate of drug-likeness (QED) is 0.206. The van der Waals surface area contributed by atoms with Gasteiger partial charge in [0, 0.05) is 24.8 Å². The van der Waals surface area contributed by atoms with Crippen LogP contribution in [0.5, 0.6) is 0 Å². The van der Waals surface area contributed by atoms with E-state index in [2.05, 4.69) is 25.5 Å². The van der Waals surface area contributed by atoms with Gasteiger partial charge in [-0.2, -0.15) is 49.4 Å². The maximum Gasteiger partial charge on any atom is 0.416 e. The number of aromatic nitrogens is 7. The minimum Gasteiger partial charge on any atom is -0.365 e. The van der Waals surface area contributed by atoms with E-state index < -0.39 is 59.8 Å². The molecule has 0 aliphatic rings. The molecule has 47 heavy (non-hydrogen) atoms. The third kappa shape index (κ3) is 6.82. The number of alkyl halides is 9. The van der Waals surface area contributed by atoms with E-state index in [1.807, 2.05) is 0 Å². The molecule has 0 aliphatic heterocycles. The highest BCUT2D eigenvalue weighted by Crippen LogP contribution is 2.38. The summed E-state index contributed by atoms with van der Waals surface area (Å²) >= 11 is 0. The molecule has 19 heteroatoms. The van der Waals surface area contributed by atoms with Crippen LogP contribution in [-0.2, 0) is 45.1 Å². The van der Waals surface area contributed by atoms with Crippen LogP contribution in [0.1, 0.15) is 50.7 Å². The van der Waals surface area contributed by atoms with Gasteiger partial charge >= 0.3 is 18.5 Å². The Labute approximate surface area is 258 Å².